The SMILES string of the molecule is C#CCOCC(CO)(CO)NC(=O)NCCOCCOCCOCCC. The van der Waals surface area contributed by atoms with Gasteiger partial charge in [0.25, 0.3) is 0 Å². The maximum Gasteiger partial charge on any atom is 0.315 e. The molecule has 0 bridgehead atoms. The van der Waals surface area contributed by atoms with Gasteiger partial charge in [0.15, 0.2) is 0 Å². The Morgan fingerprint density at radius 1 is 1.00 bits per heavy atom. The first-order valence-electron chi connectivity index (χ1n) is 8.66. The molecule has 4 N–H and O–H groups in total. The number of terminal acetylenes is 1. The Labute approximate surface area is 155 Å². The molecule has 0 heterocycles. The molecule has 0 saturated carbocycles. The molecular weight excluding hydrogens is 344 g/mol. The Morgan fingerprint density at radius 2 is 1.58 bits per heavy atom. The van der Waals surface area contributed by atoms with Gasteiger partial charge in [0.2, 0.25) is 0 Å². The molecule has 0 aromatic heterocycles. The summed E-state index contributed by atoms with van der Waals surface area (Å²) in [5.74, 6) is 2.27. The maximum atomic E-state index is 11.8. The fourth-order valence-electron chi connectivity index (χ4n) is 1.77. The molecular formula is C17H32N2O7. The summed E-state index contributed by atoms with van der Waals surface area (Å²) in [4.78, 5) is 11.8. The molecule has 0 saturated heterocycles. The first kappa shape index (κ1) is 24.6. The molecule has 0 aliphatic carbocycles. The molecule has 0 spiro atoms. The summed E-state index contributed by atoms with van der Waals surface area (Å²) < 4.78 is 21.0. The lowest BCUT2D eigenvalue weighted by Gasteiger charge is -2.30. The van der Waals surface area contributed by atoms with Gasteiger partial charge in [-0.2, -0.15) is 0 Å². The minimum absolute atomic E-state index is 0.0195. The van der Waals surface area contributed by atoms with E-state index in [1.807, 2.05) is 6.92 Å². The lowest BCUT2D eigenvalue weighted by Crippen LogP contribution is -2.60. The highest BCUT2D eigenvalue weighted by atomic mass is 16.5. The van der Waals surface area contributed by atoms with Crippen LogP contribution in [0.15, 0.2) is 0 Å². The van der Waals surface area contributed by atoms with E-state index in [0.29, 0.717) is 33.0 Å². The molecule has 2 amide bonds. The van der Waals surface area contributed by atoms with E-state index in [2.05, 4.69) is 16.6 Å². The predicted molar refractivity (Wildman–Crippen MR) is 95.8 cm³/mol. The number of aliphatic hydroxyl groups excluding tert-OH is 2. The average Bonchev–Trinajstić information content (AvgIpc) is 2.65. The third kappa shape index (κ3) is 12.9. The Kier molecular flexibility index (Phi) is 16.1. The Bertz CT molecular complexity index is 384. The Morgan fingerprint density at radius 3 is 2.12 bits per heavy atom. The van der Waals surface area contributed by atoms with Crippen LogP contribution in [0.1, 0.15) is 13.3 Å². The van der Waals surface area contributed by atoms with Crippen LogP contribution in [-0.4, -0.2) is 94.4 Å². The third-order valence-electron chi connectivity index (χ3n) is 3.17. The molecule has 0 aliphatic heterocycles. The van der Waals surface area contributed by atoms with Crippen LogP contribution >= 0.6 is 0 Å². The molecule has 152 valence electrons. The highest BCUT2D eigenvalue weighted by Gasteiger charge is 2.31. The monoisotopic (exact) mass is 376 g/mol. The van der Waals surface area contributed by atoms with E-state index in [-0.39, 0.29) is 19.8 Å². The second-order valence-corrected chi connectivity index (χ2v) is 5.51. The summed E-state index contributed by atoms with van der Waals surface area (Å²) in [7, 11) is 0. The van der Waals surface area contributed by atoms with Gasteiger partial charge in [-0.3, -0.25) is 0 Å². The van der Waals surface area contributed by atoms with E-state index in [1.54, 1.807) is 0 Å². The Balaban J connectivity index is 3.72. The van der Waals surface area contributed by atoms with Crippen molar-refractivity contribution in [3.63, 3.8) is 0 Å². The first-order valence-corrected chi connectivity index (χ1v) is 8.66. The molecule has 9 heteroatoms. The highest BCUT2D eigenvalue weighted by Crippen LogP contribution is 2.04. The molecule has 0 rings (SSSR count). The van der Waals surface area contributed by atoms with Crippen molar-refractivity contribution in [3.05, 3.63) is 0 Å². The normalized spacial score (nSPS) is 11.2. The van der Waals surface area contributed by atoms with E-state index in [1.165, 1.54) is 0 Å². The third-order valence-corrected chi connectivity index (χ3v) is 3.17. The van der Waals surface area contributed by atoms with Crippen molar-refractivity contribution in [3.8, 4) is 12.3 Å². The van der Waals surface area contributed by atoms with Crippen molar-refractivity contribution in [2.75, 3.05) is 72.6 Å². The molecule has 0 radical (unpaired) electrons. The number of urea groups is 1. The highest BCUT2D eigenvalue weighted by molar-refractivity contribution is 5.74. The number of ether oxygens (including phenoxy) is 4. The molecule has 26 heavy (non-hydrogen) atoms. The van der Waals surface area contributed by atoms with E-state index >= 15 is 0 Å². The van der Waals surface area contributed by atoms with E-state index in [0.717, 1.165) is 13.0 Å². The fourth-order valence-corrected chi connectivity index (χ4v) is 1.77. The number of carbonyl (C=O) groups excluding carboxylic acids is 1. The first-order chi connectivity index (χ1) is 12.6. The topological polar surface area (TPSA) is 119 Å². The van der Waals surface area contributed by atoms with Crippen molar-refractivity contribution in [2.45, 2.75) is 18.9 Å². The molecule has 0 unspecified atom stereocenters. The van der Waals surface area contributed by atoms with Crippen LogP contribution in [0.3, 0.4) is 0 Å². The van der Waals surface area contributed by atoms with Crippen molar-refractivity contribution in [2.24, 2.45) is 0 Å². The lowest BCUT2D eigenvalue weighted by molar-refractivity contribution is 0.0145. The zero-order valence-corrected chi connectivity index (χ0v) is 15.5. The van der Waals surface area contributed by atoms with Crippen molar-refractivity contribution in [1.82, 2.24) is 10.6 Å². The summed E-state index contributed by atoms with van der Waals surface area (Å²) in [5.41, 5.74) is -1.30. The predicted octanol–water partition coefficient (Wildman–Crippen LogP) is -0.881. The smallest absolute Gasteiger partial charge is 0.315 e. The molecule has 0 fully saturated rings. The molecule has 0 aromatic carbocycles. The van der Waals surface area contributed by atoms with Gasteiger partial charge in [-0.05, 0) is 6.42 Å². The van der Waals surface area contributed by atoms with Crippen molar-refractivity contribution < 1.29 is 34.0 Å². The summed E-state index contributed by atoms with van der Waals surface area (Å²) >= 11 is 0. The van der Waals surface area contributed by atoms with Crippen molar-refractivity contribution >= 4 is 6.03 Å². The molecule has 9 nitrogen and oxygen atoms in total. The second kappa shape index (κ2) is 17.0. The van der Waals surface area contributed by atoms with Crippen LogP contribution in [0, 0.1) is 12.3 Å². The molecule has 0 atom stereocenters. The van der Waals surface area contributed by atoms with Crippen LogP contribution in [0.4, 0.5) is 4.79 Å². The molecule has 0 aromatic rings. The minimum Gasteiger partial charge on any atom is -0.394 e. The van der Waals surface area contributed by atoms with E-state index in [9.17, 15) is 15.0 Å². The standard InChI is InChI=1S/C17H32N2O7/c1-3-6-23-9-11-25-12-10-24-8-5-18-16(22)19-17(13-20,14-21)15-26-7-4-2/h2,20-21H,3,5-15H2,1H3,(H2,18,19,22). The van der Waals surface area contributed by atoms with Gasteiger partial charge in [-0.15, -0.1) is 6.42 Å². The zero-order valence-electron chi connectivity index (χ0n) is 15.5. The summed E-state index contributed by atoms with van der Waals surface area (Å²) in [6, 6.07) is -0.551. The summed E-state index contributed by atoms with van der Waals surface area (Å²) in [6.07, 6.45) is 6.05. The second-order valence-electron chi connectivity index (χ2n) is 5.51. The number of rotatable bonds is 17. The van der Waals surface area contributed by atoms with Gasteiger partial charge < -0.3 is 39.8 Å². The minimum atomic E-state index is -1.30. The number of carbonyl (C=O) groups is 1. The number of hydrogen-bond donors (Lipinski definition) is 4. The van der Waals surface area contributed by atoms with Crippen LogP contribution in [-0.2, 0) is 18.9 Å². The summed E-state index contributed by atoms with van der Waals surface area (Å²) in [5, 5.41) is 23.9. The van der Waals surface area contributed by atoms with Crippen LogP contribution in [0.5, 0.6) is 0 Å². The maximum absolute atomic E-state index is 11.8. The van der Waals surface area contributed by atoms with Crippen LogP contribution < -0.4 is 10.6 Å². The van der Waals surface area contributed by atoms with Crippen LogP contribution in [0.2, 0.25) is 0 Å². The van der Waals surface area contributed by atoms with E-state index in [4.69, 9.17) is 25.4 Å². The summed E-state index contributed by atoms with van der Waals surface area (Å²) in [6.45, 7) is 4.25. The Hall–Kier alpha value is -1.41. The van der Waals surface area contributed by atoms with Gasteiger partial charge in [-0.1, -0.05) is 12.8 Å². The van der Waals surface area contributed by atoms with E-state index < -0.39 is 24.8 Å². The van der Waals surface area contributed by atoms with Gasteiger partial charge in [0.1, 0.15) is 12.1 Å². The molecule has 0 aliphatic rings. The largest absolute Gasteiger partial charge is 0.394 e. The van der Waals surface area contributed by atoms with Gasteiger partial charge in [-0.25, -0.2) is 4.79 Å². The van der Waals surface area contributed by atoms with Crippen molar-refractivity contribution in [1.29, 1.82) is 0 Å². The zero-order chi connectivity index (χ0) is 19.5. The quantitative estimate of drug-likeness (QED) is 0.192. The number of hydrogen-bond acceptors (Lipinski definition) is 7. The van der Waals surface area contributed by atoms with Gasteiger partial charge >= 0.3 is 6.03 Å². The number of amides is 2. The average molecular weight is 376 g/mol. The lowest BCUT2D eigenvalue weighted by atomic mass is 10.0. The number of aliphatic hydroxyl groups is 2. The van der Waals surface area contributed by atoms with Crippen LogP contribution in [0.25, 0.3) is 0 Å². The fraction of sp³-hybridized carbons (Fsp3) is 0.824. The number of nitrogens with one attached hydrogen (secondary N) is 2. The van der Waals surface area contributed by atoms with Gasteiger partial charge in [0, 0.05) is 13.2 Å². The van der Waals surface area contributed by atoms with Gasteiger partial charge in [0.05, 0.1) is 52.9 Å².